The Morgan fingerprint density at radius 3 is 2.62 bits per heavy atom. The lowest BCUT2D eigenvalue weighted by molar-refractivity contribution is -0.0855. The number of halogens is 1. The molecule has 2 aliphatic heterocycles. The van der Waals surface area contributed by atoms with E-state index in [1.807, 2.05) is 0 Å². The topological polar surface area (TPSA) is 73.3 Å². The van der Waals surface area contributed by atoms with Gasteiger partial charge in [0.25, 0.3) is 0 Å². The molecule has 2 aliphatic rings. The molecule has 0 saturated carbocycles. The zero-order valence-electron chi connectivity index (χ0n) is 14.8. The molecule has 24 heavy (non-hydrogen) atoms. The van der Waals surface area contributed by atoms with E-state index in [2.05, 4.69) is 15.6 Å². The van der Waals surface area contributed by atoms with Crippen LogP contribution in [0.4, 0.5) is 0 Å². The molecule has 8 heteroatoms. The van der Waals surface area contributed by atoms with Crippen molar-refractivity contribution in [2.45, 2.75) is 37.4 Å². The van der Waals surface area contributed by atoms with Crippen LogP contribution in [0.2, 0.25) is 0 Å². The number of hydrogen-bond donors (Lipinski definition) is 2. The van der Waals surface area contributed by atoms with Gasteiger partial charge < -0.3 is 29.6 Å². The molecule has 0 aromatic carbocycles. The SMILES string of the molecule is CN=C(NCCCOC1CCOC1)NCC1(OC)CCOCC1.I. The fourth-order valence-corrected chi connectivity index (χ4v) is 2.84. The average molecular weight is 457 g/mol. The minimum Gasteiger partial charge on any atom is -0.381 e. The van der Waals surface area contributed by atoms with Crippen LogP contribution in [-0.4, -0.2) is 77.9 Å². The summed E-state index contributed by atoms with van der Waals surface area (Å²) in [6.07, 6.45) is 4.05. The third-order valence-electron chi connectivity index (χ3n) is 4.49. The molecule has 2 fully saturated rings. The van der Waals surface area contributed by atoms with Gasteiger partial charge in [-0.3, -0.25) is 4.99 Å². The first-order valence-electron chi connectivity index (χ1n) is 8.55. The molecule has 1 unspecified atom stereocenters. The fraction of sp³-hybridized carbons (Fsp3) is 0.938. The number of hydrogen-bond acceptors (Lipinski definition) is 5. The third-order valence-corrected chi connectivity index (χ3v) is 4.49. The Bertz CT molecular complexity index is 359. The first-order valence-corrected chi connectivity index (χ1v) is 8.55. The minimum atomic E-state index is -0.151. The van der Waals surface area contributed by atoms with E-state index in [4.69, 9.17) is 18.9 Å². The minimum absolute atomic E-state index is 0. The smallest absolute Gasteiger partial charge is 0.191 e. The van der Waals surface area contributed by atoms with Gasteiger partial charge in [0.1, 0.15) is 0 Å². The van der Waals surface area contributed by atoms with Gasteiger partial charge in [0.15, 0.2) is 5.96 Å². The molecule has 0 bridgehead atoms. The molecular weight excluding hydrogens is 425 g/mol. The van der Waals surface area contributed by atoms with Gasteiger partial charge in [-0.2, -0.15) is 0 Å². The number of rotatable bonds is 8. The molecule has 0 amide bonds. The van der Waals surface area contributed by atoms with Crippen LogP contribution in [0.25, 0.3) is 0 Å². The van der Waals surface area contributed by atoms with Crippen LogP contribution in [0.3, 0.4) is 0 Å². The van der Waals surface area contributed by atoms with Crippen molar-refractivity contribution in [3.05, 3.63) is 0 Å². The Morgan fingerprint density at radius 2 is 2.00 bits per heavy atom. The maximum Gasteiger partial charge on any atom is 0.191 e. The number of guanidine groups is 1. The maximum atomic E-state index is 5.75. The number of nitrogens with zero attached hydrogens (tertiary/aromatic N) is 1. The normalized spacial score (nSPS) is 23.6. The van der Waals surface area contributed by atoms with Gasteiger partial charge in [0, 0.05) is 66.5 Å². The van der Waals surface area contributed by atoms with Crippen LogP contribution in [0.1, 0.15) is 25.7 Å². The highest BCUT2D eigenvalue weighted by Gasteiger charge is 2.32. The van der Waals surface area contributed by atoms with Crippen molar-refractivity contribution in [2.75, 3.05) is 60.3 Å². The molecular formula is C16H32IN3O4. The van der Waals surface area contributed by atoms with Crippen molar-refractivity contribution < 1.29 is 18.9 Å². The number of aliphatic imine (C=N–C) groups is 1. The zero-order chi connectivity index (χ0) is 16.4. The molecule has 2 rings (SSSR count). The summed E-state index contributed by atoms with van der Waals surface area (Å²) in [5.41, 5.74) is -0.151. The van der Waals surface area contributed by atoms with Crippen molar-refractivity contribution in [1.82, 2.24) is 10.6 Å². The van der Waals surface area contributed by atoms with E-state index in [0.717, 1.165) is 77.8 Å². The highest BCUT2D eigenvalue weighted by atomic mass is 127. The molecule has 2 N–H and O–H groups in total. The van der Waals surface area contributed by atoms with E-state index in [0.29, 0.717) is 0 Å². The molecule has 1 atom stereocenters. The largest absolute Gasteiger partial charge is 0.381 e. The van der Waals surface area contributed by atoms with Gasteiger partial charge >= 0.3 is 0 Å². The summed E-state index contributed by atoms with van der Waals surface area (Å²) in [5.74, 6) is 0.803. The number of nitrogens with one attached hydrogen (secondary N) is 2. The van der Waals surface area contributed by atoms with E-state index < -0.39 is 0 Å². The molecule has 2 heterocycles. The summed E-state index contributed by atoms with van der Waals surface area (Å²) in [7, 11) is 3.55. The monoisotopic (exact) mass is 457 g/mol. The zero-order valence-corrected chi connectivity index (χ0v) is 17.2. The van der Waals surface area contributed by atoms with E-state index in [1.54, 1.807) is 14.2 Å². The summed E-state index contributed by atoms with van der Waals surface area (Å²) >= 11 is 0. The molecule has 2 saturated heterocycles. The Kier molecular flexibility index (Phi) is 11.2. The fourth-order valence-electron chi connectivity index (χ4n) is 2.84. The molecule has 0 radical (unpaired) electrons. The van der Waals surface area contributed by atoms with E-state index >= 15 is 0 Å². The van der Waals surface area contributed by atoms with Gasteiger partial charge in [-0.05, 0) is 12.8 Å². The molecule has 0 aliphatic carbocycles. The summed E-state index contributed by atoms with van der Waals surface area (Å²) in [4.78, 5) is 4.26. The third kappa shape index (κ3) is 7.38. The first kappa shape index (κ1) is 21.9. The molecule has 7 nitrogen and oxygen atoms in total. The van der Waals surface area contributed by atoms with E-state index in [9.17, 15) is 0 Å². The highest BCUT2D eigenvalue weighted by molar-refractivity contribution is 14.0. The number of methoxy groups -OCH3 is 1. The quantitative estimate of drug-likeness (QED) is 0.247. The van der Waals surface area contributed by atoms with Crippen LogP contribution in [0, 0.1) is 0 Å². The van der Waals surface area contributed by atoms with Gasteiger partial charge in [-0.25, -0.2) is 0 Å². The van der Waals surface area contributed by atoms with Crippen molar-refractivity contribution >= 4 is 29.9 Å². The lowest BCUT2D eigenvalue weighted by Crippen LogP contribution is -2.50. The van der Waals surface area contributed by atoms with Crippen molar-refractivity contribution in [3.63, 3.8) is 0 Å². The molecule has 0 aromatic heterocycles. The van der Waals surface area contributed by atoms with Gasteiger partial charge in [-0.15, -0.1) is 24.0 Å². The Balaban J connectivity index is 0.00000288. The summed E-state index contributed by atoms with van der Waals surface area (Å²) < 4.78 is 22.2. The predicted octanol–water partition coefficient (Wildman–Crippen LogP) is 1.16. The van der Waals surface area contributed by atoms with E-state index in [1.165, 1.54) is 0 Å². The van der Waals surface area contributed by atoms with Crippen LogP contribution in [0.5, 0.6) is 0 Å². The maximum absolute atomic E-state index is 5.75. The van der Waals surface area contributed by atoms with Crippen molar-refractivity contribution in [3.8, 4) is 0 Å². The standard InChI is InChI=1S/C16H31N3O4.HI/c1-17-15(18-7-3-8-23-14-4-9-22-12-14)19-13-16(20-2)5-10-21-11-6-16;/h14H,3-13H2,1-2H3,(H2,17,18,19);1H. The Hall–Kier alpha value is -0.160. The van der Waals surface area contributed by atoms with Gasteiger partial charge in [0.05, 0.1) is 18.3 Å². The van der Waals surface area contributed by atoms with Crippen molar-refractivity contribution in [1.29, 1.82) is 0 Å². The lowest BCUT2D eigenvalue weighted by atomic mass is 9.94. The van der Waals surface area contributed by atoms with Crippen LogP contribution in [0.15, 0.2) is 4.99 Å². The second-order valence-electron chi connectivity index (χ2n) is 6.06. The molecule has 0 spiro atoms. The summed E-state index contributed by atoms with van der Waals surface area (Å²) in [6.45, 7) is 5.38. The first-order chi connectivity index (χ1) is 11.3. The predicted molar refractivity (Wildman–Crippen MR) is 104 cm³/mol. The highest BCUT2D eigenvalue weighted by Crippen LogP contribution is 2.23. The molecule has 142 valence electrons. The second-order valence-corrected chi connectivity index (χ2v) is 6.06. The van der Waals surface area contributed by atoms with E-state index in [-0.39, 0.29) is 35.7 Å². The average Bonchev–Trinajstić information content (AvgIpc) is 3.11. The summed E-state index contributed by atoms with van der Waals surface area (Å²) in [5, 5.41) is 6.68. The van der Waals surface area contributed by atoms with Gasteiger partial charge in [0.2, 0.25) is 0 Å². The Morgan fingerprint density at radius 1 is 1.21 bits per heavy atom. The van der Waals surface area contributed by atoms with Gasteiger partial charge in [-0.1, -0.05) is 0 Å². The number of ether oxygens (including phenoxy) is 4. The van der Waals surface area contributed by atoms with Crippen molar-refractivity contribution in [2.24, 2.45) is 4.99 Å². The summed E-state index contributed by atoms with van der Waals surface area (Å²) in [6, 6.07) is 0. The van der Waals surface area contributed by atoms with Crippen LogP contribution >= 0.6 is 24.0 Å². The second kappa shape index (κ2) is 12.2. The molecule has 0 aromatic rings. The van der Waals surface area contributed by atoms with Crippen LogP contribution < -0.4 is 10.6 Å². The Labute approximate surface area is 162 Å². The lowest BCUT2D eigenvalue weighted by Gasteiger charge is -2.36. The van der Waals surface area contributed by atoms with Crippen LogP contribution in [-0.2, 0) is 18.9 Å².